The molecule has 5 rings (SSSR count). The van der Waals surface area contributed by atoms with Gasteiger partial charge < -0.3 is 14.2 Å². The predicted molar refractivity (Wildman–Crippen MR) is 136 cm³/mol. The summed E-state index contributed by atoms with van der Waals surface area (Å²) < 4.78 is 87.3. The molecule has 3 aromatic rings. The first-order valence-electron chi connectivity index (χ1n) is 13.2. The van der Waals surface area contributed by atoms with Crippen molar-refractivity contribution in [2.24, 2.45) is 11.8 Å². The Hall–Kier alpha value is -2.71. The smallest absolute Gasteiger partial charge is 0.195 e. The fourth-order valence-corrected chi connectivity index (χ4v) is 5.05. The fourth-order valence-electron chi connectivity index (χ4n) is 5.05. The SMILES string of the molecule is CC.CC1CCC(c2cc(F)c(OCC3COC(c4ccc5c(F)c(F)c(F)cc5c4)OC3)c(F)c2)CC1. The number of halogens is 5. The molecule has 2 aliphatic rings. The van der Waals surface area contributed by atoms with Crippen molar-refractivity contribution in [3.8, 4) is 5.75 Å². The van der Waals surface area contributed by atoms with Gasteiger partial charge in [0.05, 0.1) is 19.8 Å². The highest BCUT2D eigenvalue weighted by Gasteiger charge is 2.27. The molecule has 0 radical (unpaired) electrons. The molecule has 1 saturated carbocycles. The molecule has 0 amide bonds. The number of benzene rings is 3. The highest BCUT2D eigenvalue weighted by atomic mass is 19.2. The van der Waals surface area contributed by atoms with Crippen LogP contribution in [0.1, 0.15) is 69.8 Å². The molecule has 0 spiro atoms. The maximum atomic E-state index is 14.7. The molecule has 2 fully saturated rings. The van der Waals surface area contributed by atoms with Crippen LogP contribution in [0.5, 0.6) is 5.75 Å². The summed E-state index contributed by atoms with van der Waals surface area (Å²) in [6.07, 6.45) is 3.17. The standard InChI is InChI=1S/C28H27F5O3.C2H6/c1-15-2-4-17(5-3-15)19-9-23(30)27(24(31)10-19)34-12-16-13-35-28(36-14-16)18-6-7-21-20(8-18)11-22(29)26(33)25(21)32;1-2/h6-11,15-17,28H,2-5,12-14H2,1H3;1-2H3. The summed E-state index contributed by atoms with van der Waals surface area (Å²) in [4.78, 5) is 0. The Labute approximate surface area is 219 Å². The predicted octanol–water partition coefficient (Wildman–Crippen LogP) is 8.60. The van der Waals surface area contributed by atoms with Crippen LogP contribution >= 0.6 is 0 Å². The van der Waals surface area contributed by atoms with Crippen LogP contribution in [-0.4, -0.2) is 19.8 Å². The van der Waals surface area contributed by atoms with Crippen molar-refractivity contribution in [1.29, 1.82) is 0 Å². The van der Waals surface area contributed by atoms with Gasteiger partial charge in [0.25, 0.3) is 0 Å². The molecule has 0 aromatic heterocycles. The number of hydrogen-bond donors (Lipinski definition) is 0. The van der Waals surface area contributed by atoms with Crippen LogP contribution in [-0.2, 0) is 9.47 Å². The maximum absolute atomic E-state index is 14.7. The van der Waals surface area contributed by atoms with E-state index in [1.165, 1.54) is 30.3 Å². The summed E-state index contributed by atoms with van der Waals surface area (Å²) in [6.45, 7) is 6.57. The zero-order valence-corrected chi connectivity index (χ0v) is 21.8. The Kier molecular flexibility index (Phi) is 9.26. The van der Waals surface area contributed by atoms with Gasteiger partial charge in [-0.05, 0) is 59.9 Å². The second-order valence-corrected chi connectivity index (χ2v) is 9.91. The number of hydrogen-bond acceptors (Lipinski definition) is 3. The lowest BCUT2D eigenvalue weighted by molar-refractivity contribution is -0.208. The second-order valence-electron chi connectivity index (χ2n) is 9.91. The zero-order valence-electron chi connectivity index (χ0n) is 21.8. The molecule has 206 valence electrons. The quantitative estimate of drug-likeness (QED) is 0.241. The molecule has 1 heterocycles. The average Bonchev–Trinajstić information content (AvgIpc) is 2.93. The van der Waals surface area contributed by atoms with Gasteiger partial charge in [-0.15, -0.1) is 0 Å². The molecule has 0 unspecified atom stereocenters. The lowest BCUT2D eigenvalue weighted by Gasteiger charge is -2.30. The molecular formula is C30H33F5O3. The fraction of sp³-hybridized carbons (Fsp3) is 0.467. The van der Waals surface area contributed by atoms with Gasteiger partial charge in [-0.25, -0.2) is 22.0 Å². The van der Waals surface area contributed by atoms with Crippen LogP contribution in [0.2, 0.25) is 0 Å². The van der Waals surface area contributed by atoms with Crippen molar-refractivity contribution < 1.29 is 36.2 Å². The molecule has 1 saturated heterocycles. The molecule has 1 aliphatic heterocycles. The summed E-state index contributed by atoms with van der Waals surface area (Å²) in [5, 5.41) is 0.131. The van der Waals surface area contributed by atoms with E-state index in [-0.39, 0.29) is 42.4 Å². The first-order chi connectivity index (χ1) is 18.3. The number of fused-ring (bicyclic) bond motifs is 1. The van der Waals surface area contributed by atoms with E-state index in [4.69, 9.17) is 14.2 Å². The number of ether oxygens (including phenoxy) is 3. The topological polar surface area (TPSA) is 27.7 Å². The van der Waals surface area contributed by atoms with Crippen LogP contribution in [0.25, 0.3) is 10.8 Å². The lowest BCUT2D eigenvalue weighted by atomic mass is 9.79. The van der Waals surface area contributed by atoms with Gasteiger partial charge in [0.15, 0.2) is 41.1 Å². The third-order valence-corrected chi connectivity index (χ3v) is 7.21. The molecule has 0 bridgehead atoms. The Morgan fingerprint density at radius 2 is 1.39 bits per heavy atom. The highest BCUT2D eigenvalue weighted by molar-refractivity contribution is 5.84. The monoisotopic (exact) mass is 536 g/mol. The van der Waals surface area contributed by atoms with E-state index in [1.54, 1.807) is 0 Å². The van der Waals surface area contributed by atoms with Crippen molar-refractivity contribution in [2.75, 3.05) is 19.8 Å². The van der Waals surface area contributed by atoms with Crippen molar-refractivity contribution >= 4 is 10.8 Å². The van der Waals surface area contributed by atoms with Crippen molar-refractivity contribution in [3.05, 3.63) is 76.6 Å². The molecule has 0 atom stereocenters. The molecule has 38 heavy (non-hydrogen) atoms. The van der Waals surface area contributed by atoms with Gasteiger partial charge in [-0.1, -0.05) is 45.7 Å². The van der Waals surface area contributed by atoms with E-state index >= 15 is 0 Å². The van der Waals surface area contributed by atoms with Crippen LogP contribution in [0, 0.1) is 40.9 Å². The van der Waals surface area contributed by atoms with Crippen molar-refractivity contribution in [2.45, 2.75) is 58.7 Å². The third kappa shape index (κ3) is 6.12. The minimum Gasteiger partial charge on any atom is -0.487 e. The van der Waals surface area contributed by atoms with E-state index in [2.05, 4.69) is 6.92 Å². The Morgan fingerprint density at radius 1 is 0.763 bits per heavy atom. The van der Waals surface area contributed by atoms with E-state index < -0.39 is 41.1 Å². The highest BCUT2D eigenvalue weighted by Crippen LogP contribution is 2.38. The zero-order chi connectivity index (χ0) is 27.4. The molecular weight excluding hydrogens is 503 g/mol. The molecule has 8 heteroatoms. The minimum atomic E-state index is -1.52. The van der Waals surface area contributed by atoms with Crippen LogP contribution in [0.15, 0.2) is 36.4 Å². The van der Waals surface area contributed by atoms with Crippen LogP contribution in [0.4, 0.5) is 22.0 Å². The summed E-state index contributed by atoms with van der Waals surface area (Å²) in [5.41, 5.74) is 1.19. The van der Waals surface area contributed by atoms with Crippen molar-refractivity contribution in [1.82, 2.24) is 0 Å². The first-order valence-corrected chi connectivity index (χ1v) is 13.2. The third-order valence-electron chi connectivity index (χ3n) is 7.21. The van der Waals surface area contributed by atoms with Gasteiger partial charge in [-0.2, -0.15) is 0 Å². The Morgan fingerprint density at radius 3 is 2.03 bits per heavy atom. The summed E-state index contributed by atoms with van der Waals surface area (Å²) >= 11 is 0. The largest absolute Gasteiger partial charge is 0.487 e. The van der Waals surface area contributed by atoms with Gasteiger partial charge >= 0.3 is 0 Å². The molecule has 3 aromatic carbocycles. The normalized spacial score (nSPS) is 23.6. The maximum Gasteiger partial charge on any atom is 0.195 e. The van der Waals surface area contributed by atoms with E-state index in [9.17, 15) is 22.0 Å². The Balaban J connectivity index is 0.00000164. The van der Waals surface area contributed by atoms with Crippen LogP contribution < -0.4 is 4.74 Å². The van der Waals surface area contributed by atoms with Crippen LogP contribution in [0.3, 0.4) is 0 Å². The van der Waals surface area contributed by atoms with Crippen molar-refractivity contribution in [3.63, 3.8) is 0 Å². The van der Waals surface area contributed by atoms with E-state index in [0.717, 1.165) is 31.7 Å². The second kappa shape index (κ2) is 12.4. The van der Waals surface area contributed by atoms with Gasteiger partial charge in [0.1, 0.15) is 0 Å². The van der Waals surface area contributed by atoms with E-state index in [1.807, 2.05) is 13.8 Å². The lowest BCUT2D eigenvalue weighted by Crippen LogP contribution is -2.31. The minimum absolute atomic E-state index is 0.00568. The molecule has 1 aliphatic carbocycles. The summed E-state index contributed by atoms with van der Waals surface area (Å²) in [6, 6.07) is 8.00. The first kappa shape index (κ1) is 28.3. The van der Waals surface area contributed by atoms with Gasteiger partial charge in [0.2, 0.25) is 0 Å². The molecule has 0 N–H and O–H groups in total. The average molecular weight is 537 g/mol. The summed E-state index contributed by atoms with van der Waals surface area (Å²) in [7, 11) is 0. The Bertz CT molecular complexity index is 1230. The van der Waals surface area contributed by atoms with E-state index in [0.29, 0.717) is 17.0 Å². The molecule has 3 nitrogen and oxygen atoms in total. The van der Waals surface area contributed by atoms with Gasteiger partial charge in [-0.3, -0.25) is 0 Å². The summed E-state index contributed by atoms with van der Waals surface area (Å²) in [5.74, 6) is -5.35. The number of rotatable bonds is 5. The van der Waals surface area contributed by atoms with Gasteiger partial charge in [0, 0.05) is 16.9 Å².